The fourth-order valence-corrected chi connectivity index (χ4v) is 8.68. The van der Waals surface area contributed by atoms with E-state index in [1.807, 2.05) is 11.3 Å². The van der Waals surface area contributed by atoms with Crippen LogP contribution < -0.4 is 0 Å². The summed E-state index contributed by atoms with van der Waals surface area (Å²) in [5, 5.41) is 13.1. The molecule has 0 spiro atoms. The van der Waals surface area contributed by atoms with Crippen LogP contribution >= 0.6 is 11.3 Å². The Morgan fingerprint density at radius 2 is 1.02 bits per heavy atom. The van der Waals surface area contributed by atoms with Crippen LogP contribution in [0.2, 0.25) is 0 Å². The summed E-state index contributed by atoms with van der Waals surface area (Å²) in [6.07, 6.45) is 0. The van der Waals surface area contributed by atoms with Crippen LogP contribution in [0.15, 0.2) is 158 Å². The summed E-state index contributed by atoms with van der Waals surface area (Å²) in [7, 11) is 0. The zero-order valence-corrected chi connectivity index (χ0v) is 25.2. The summed E-state index contributed by atoms with van der Waals surface area (Å²) in [5.41, 5.74) is 7.52. The number of benzene rings is 9. The summed E-state index contributed by atoms with van der Waals surface area (Å²) in [4.78, 5) is 0. The lowest BCUT2D eigenvalue weighted by atomic mass is 9.89. The normalized spacial score (nSPS) is 12.0. The van der Waals surface area contributed by atoms with E-state index in [0.717, 1.165) is 0 Å². The van der Waals surface area contributed by atoms with Gasteiger partial charge in [-0.15, -0.1) is 11.3 Å². The third-order valence-corrected chi connectivity index (χ3v) is 10.7. The molecule has 0 saturated heterocycles. The first-order valence-corrected chi connectivity index (χ1v) is 16.3. The van der Waals surface area contributed by atoms with Crippen molar-refractivity contribution in [3.8, 4) is 33.4 Å². The van der Waals surface area contributed by atoms with Gasteiger partial charge in [0.25, 0.3) is 0 Å². The van der Waals surface area contributed by atoms with Gasteiger partial charge in [-0.05, 0) is 113 Å². The molecule has 0 bridgehead atoms. The van der Waals surface area contributed by atoms with E-state index in [1.54, 1.807) is 0 Å². The minimum absolute atomic E-state index is 1.23. The zero-order valence-electron chi connectivity index (χ0n) is 24.4. The Kier molecular flexibility index (Phi) is 5.25. The second-order valence-corrected chi connectivity index (χ2v) is 13.2. The molecule has 208 valence electrons. The Labute approximate surface area is 264 Å². The van der Waals surface area contributed by atoms with E-state index in [1.165, 1.54) is 96.6 Å². The maximum absolute atomic E-state index is 2.40. The SMILES string of the molecule is c1ccc(-c2cc(-c3cccc4c3ccc3ccccc34)cc3ccc(-c4cc5ccc6cccc7sc(c4)c5c67)cc23)cc1. The van der Waals surface area contributed by atoms with Gasteiger partial charge >= 0.3 is 0 Å². The Bertz CT molecular complexity index is 2750. The van der Waals surface area contributed by atoms with E-state index in [4.69, 9.17) is 0 Å². The van der Waals surface area contributed by atoms with Crippen molar-refractivity contribution in [2.24, 2.45) is 0 Å². The average Bonchev–Trinajstić information content (AvgIpc) is 3.49. The topological polar surface area (TPSA) is 0 Å². The first kappa shape index (κ1) is 24.9. The van der Waals surface area contributed by atoms with Crippen LogP contribution in [0.3, 0.4) is 0 Å². The molecule has 0 aliphatic heterocycles. The molecule has 10 aromatic rings. The lowest BCUT2D eigenvalue weighted by Gasteiger charge is -2.15. The monoisotopic (exact) mass is 586 g/mol. The van der Waals surface area contributed by atoms with E-state index >= 15 is 0 Å². The van der Waals surface area contributed by atoms with Gasteiger partial charge in [0.05, 0.1) is 0 Å². The van der Waals surface area contributed by atoms with Crippen molar-refractivity contribution in [2.45, 2.75) is 0 Å². The molecule has 0 amide bonds. The summed E-state index contributed by atoms with van der Waals surface area (Å²) in [6, 6.07) is 58.6. The van der Waals surface area contributed by atoms with Gasteiger partial charge < -0.3 is 0 Å². The van der Waals surface area contributed by atoms with Crippen molar-refractivity contribution in [2.75, 3.05) is 0 Å². The molecule has 0 aliphatic carbocycles. The Morgan fingerprint density at radius 1 is 0.289 bits per heavy atom. The van der Waals surface area contributed by atoms with Gasteiger partial charge in [-0.2, -0.15) is 0 Å². The van der Waals surface area contributed by atoms with Crippen LogP contribution in [0.25, 0.3) is 96.6 Å². The fourth-order valence-electron chi connectivity index (χ4n) is 7.46. The van der Waals surface area contributed by atoms with Crippen molar-refractivity contribution < 1.29 is 0 Å². The highest BCUT2D eigenvalue weighted by Gasteiger charge is 2.15. The second-order valence-electron chi connectivity index (χ2n) is 12.1. The quantitative estimate of drug-likeness (QED) is 0.181. The molecule has 0 nitrogen and oxygen atoms in total. The van der Waals surface area contributed by atoms with E-state index in [0.29, 0.717) is 0 Å². The second kappa shape index (κ2) is 9.50. The van der Waals surface area contributed by atoms with Gasteiger partial charge in [-0.1, -0.05) is 121 Å². The molecule has 0 aliphatic rings. The van der Waals surface area contributed by atoms with Gasteiger partial charge in [0.2, 0.25) is 0 Å². The van der Waals surface area contributed by atoms with Crippen LogP contribution in [-0.4, -0.2) is 0 Å². The lowest BCUT2D eigenvalue weighted by Crippen LogP contribution is -1.89. The maximum Gasteiger partial charge on any atom is 0.0367 e. The fraction of sp³-hybridized carbons (Fsp3) is 0. The zero-order chi connectivity index (χ0) is 29.5. The summed E-state index contributed by atoms with van der Waals surface area (Å²) >= 11 is 1.90. The van der Waals surface area contributed by atoms with Crippen LogP contribution in [0.4, 0.5) is 0 Å². The number of hydrogen-bond donors (Lipinski definition) is 0. The lowest BCUT2D eigenvalue weighted by molar-refractivity contribution is 1.63. The Balaban J connectivity index is 1.20. The van der Waals surface area contributed by atoms with Crippen LogP contribution in [0.1, 0.15) is 0 Å². The maximum atomic E-state index is 2.40. The van der Waals surface area contributed by atoms with Gasteiger partial charge in [0.15, 0.2) is 0 Å². The van der Waals surface area contributed by atoms with Gasteiger partial charge in [0.1, 0.15) is 0 Å². The molecule has 45 heavy (non-hydrogen) atoms. The van der Waals surface area contributed by atoms with Crippen molar-refractivity contribution in [3.05, 3.63) is 158 Å². The van der Waals surface area contributed by atoms with E-state index in [2.05, 4.69) is 158 Å². The molecule has 1 aromatic heterocycles. The molecule has 0 fully saturated rings. The van der Waals surface area contributed by atoms with Crippen LogP contribution in [0, 0.1) is 0 Å². The minimum atomic E-state index is 1.23. The van der Waals surface area contributed by atoms with Gasteiger partial charge in [-0.3, -0.25) is 0 Å². The molecule has 0 N–H and O–H groups in total. The number of fused-ring (bicyclic) bond motifs is 4. The first-order valence-electron chi connectivity index (χ1n) is 15.5. The molecule has 0 saturated carbocycles. The molecule has 0 atom stereocenters. The highest BCUT2D eigenvalue weighted by molar-refractivity contribution is 7.26. The molecule has 10 rings (SSSR count). The largest absolute Gasteiger partial charge is 0.135 e. The van der Waals surface area contributed by atoms with Crippen molar-refractivity contribution in [3.63, 3.8) is 0 Å². The first-order chi connectivity index (χ1) is 22.3. The van der Waals surface area contributed by atoms with E-state index in [9.17, 15) is 0 Å². The smallest absolute Gasteiger partial charge is 0.0367 e. The van der Waals surface area contributed by atoms with Crippen molar-refractivity contribution in [1.82, 2.24) is 0 Å². The predicted octanol–water partition coefficient (Wildman–Crippen LogP) is 13.1. The van der Waals surface area contributed by atoms with E-state index in [-0.39, 0.29) is 0 Å². The molecule has 1 heteroatoms. The van der Waals surface area contributed by atoms with Crippen LogP contribution in [0.5, 0.6) is 0 Å². The molecule has 0 unspecified atom stereocenters. The van der Waals surface area contributed by atoms with Crippen molar-refractivity contribution in [1.29, 1.82) is 0 Å². The Hall–Kier alpha value is -5.50. The summed E-state index contributed by atoms with van der Waals surface area (Å²) < 4.78 is 2.72. The van der Waals surface area contributed by atoms with Crippen LogP contribution in [-0.2, 0) is 0 Å². The molecule has 9 aromatic carbocycles. The molecule has 0 radical (unpaired) electrons. The molecular formula is C44H26S. The Morgan fingerprint density at radius 3 is 1.98 bits per heavy atom. The highest BCUT2D eigenvalue weighted by Crippen LogP contribution is 2.44. The van der Waals surface area contributed by atoms with Gasteiger partial charge in [-0.25, -0.2) is 0 Å². The van der Waals surface area contributed by atoms with Gasteiger partial charge in [0, 0.05) is 20.2 Å². The summed E-state index contributed by atoms with van der Waals surface area (Å²) in [6.45, 7) is 0. The number of hydrogen-bond acceptors (Lipinski definition) is 1. The van der Waals surface area contributed by atoms with E-state index < -0.39 is 0 Å². The third-order valence-electron chi connectivity index (χ3n) is 9.57. The third kappa shape index (κ3) is 3.78. The highest BCUT2D eigenvalue weighted by atomic mass is 32.1. The number of thiophene rings is 1. The predicted molar refractivity (Wildman–Crippen MR) is 197 cm³/mol. The summed E-state index contributed by atoms with van der Waals surface area (Å²) in [5.74, 6) is 0. The minimum Gasteiger partial charge on any atom is -0.135 e. The average molecular weight is 587 g/mol. The molecule has 1 heterocycles. The standard InChI is InChI=1S/C44H26S/c1-2-8-27(9-3-1)39-25-34(36-13-7-14-37-35-12-5-4-10-28(35)20-21-38(36)37)22-31-18-17-30(24-40(31)39)33-23-32-19-16-29-11-6-15-41-43(29)44(32)42(26-33)45-41/h1-26H. The molecular weight excluding hydrogens is 561 g/mol. The number of rotatable bonds is 3. The van der Waals surface area contributed by atoms with Crippen molar-refractivity contribution >= 4 is 74.6 Å².